The molecule has 1 aromatic carbocycles. The first-order chi connectivity index (χ1) is 11.9. The summed E-state index contributed by atoms with van der Waals surface area (Å²) >= 11 is 1.72. The molecule has 0 radical (unpaired) electrons. The minimum Gasteiger partial charge on any atom is -0.386 e. The van der Waals surface area contributed by atoms with Crippen LogP contribution >= 0.6 is 11.3 Å². The quantitative estimate of drug-likeness (QED) is 0.522. The highest BCUT2D eigenvalue weighted by atomic mass is 32.1. The molecular formula is C19H26FN3OS. The van der Waals surface area contributed by atoms with Crippen molar-refractivity contribution in [1.29, 1.82) is 0 Å². The number of hydrogen-bond donors (Lipinski definition) is 3. The minimum absolute atomic E-state index is 0.0688. The van der Waals surface area contributed by atoms with Crippen LogP contribution in [-0.4, -0.2) is 30.7 Å². The molecule has 0 amide bonds. The van der Waals surface area contributed by atoms with Crippen molar-refractivity contribution in [2.24, 2.45) is 4.99 Å². The molecule has 0 saturated heterocycles. The smallest absolute Gasteiger partial charge is 0.191 e. The van der Waals surface area contributed by atoms with E-state index in [0.29, 0.717) is 19.0 Å². The number of halogens is 1. The van der Waals surface area contributed by atoms with Crippen molar-refractivity contribution >= 4 is 17.3 Å². The Bertz CT molecular complexity index is 686. The zero-order valence-electron chi connectivity index (χ0n) is 14.9. The highest BCUT2D eigenvalue weighted by Gasteiger charge is 2.21. The molecule has 1 atom stereocenters. The lowest BCUT2D eigenvalue weighted by atomic mass is 9.92. The Morgan fingerprint density at radius 1 is 1.24 bits per heavy atom. The van der Waals surface area contributed by atoms with E-state index in [4.69, 9.17) is 0 Å². The summed E-state index contributed by atoms with van der Waals surface area (Å²) in [6, 6.07) is 10.4. The molecule has 0 aliphatic heterocycles. The Balaban J connectivity index is 1.99. The number of guanidine groups is 1. The van der Waals surface area contributed by atoms with Crippen molar-refractivity contribution in [2.45, 2.75) is 32.3 Å². The summed E-state index contributed by atoms with van der Waals surface area (Å²) in [6.45, 7) is 7.79. The van der Waals surface area contributed by atoms with Crippen LogP contribution < -0.4 is 10.6 Å². The molecule has 1 unspecified atom stereocenters. The fourth-order valence-corrected chi connectivity index (χ4v) is 3.25. The molecule has 2 aromatic rings. The maximum Gasteiger partial charge on any atom is 0.191 e. The van der Waals surface area contributed by atoms with Gasteiger partial charge in [-0.15, -0.1) is 11.3 Å². The van der Waals surface area contributed by atoms with Gasteiger partial charge in [-0.05, 0) is 24.4 Å². The van der Waals surface area contributed by atoms with Gasteiger partial charge in [-0.25, -0.2) is 4.39 Å². The zero-order chi connectivity index (χ0) is 18.3. The van der Waals surface area contributed by atoms with Crippen molar-refractivity contribution in [3.63, 3.8) is 0 Å². The third-order valence-electron chi connectivity index (χ3n) is 3.89. The molecule has 25 heavy (non-hydrogen) atoms. The van der Waals surface area contributed by atoms with Gasteiger partial charge in [0, 0.05) is 28.9 Å². The monoisotopic (exact) mass is 363 g/mol. The topological polar surface area (TPSA) is 56.7 Å². The summed E-state index contributed by atoms with van der Waals surface area (Å²) in [5.74, 6) is 0.208. The Labute approximate surface area is 152 Å². The number of rotatable bonds is 7. The fraction of sp³-hybridized carbons (Fsp3) is 0.421. The Morgan fingerprint density at radius 2 is 2.00 bits per heavy atom. The number of hydrogen-bond acceptors (Lipinski definition) is 3. The molecule has 0 saturated carbocycles. The van der Waals surface area contributed by atoms with Gasteiger partial charge in [0.15, 0.2) is 5.96 Å². The molecule has 136 valence electrons. The lowest BCUT2D eigenvalue weighted by molar-refractivity contribution is 0.176. The lowest BCUT2D eigenvalue weighted by Crippen LogP contribution is -2.40. The predicted molar refractivity (Wildman–Crippen MR) is 103 cm³/mol. The molecule has 0 aliphatic carbocycles. The summed E-state index contributed by atoms with van der Waals surface area (Å²) < 4.78 is 13.7. The third-order valence-corrected chi connectivity index (χ3v) is 5.13. The highest BCUT2D eigenvalue weighted by molar-refractivity contribution is 7.10. The van der Waals surface area contributed by atoms with E-state index in [0.717, 1.165) is 0 Å². The number of aliphatic imine (C=N–C) groups is 1. The SMILES string of the molecule is CCNC(=NCC(C)(C)c1cccs1)NCC(O)c1ccccc1F. The van der Waals surface area contributed by atoms with Gasteiger partial charge in [0.2, 0.25) is 0 Å². The molecule has 1 aromatic heterocycles. The van der Waals surface area contributed by atoms with Gasteiger partial charge in [0.05, 0.1) is 12.6 Å². The van der Waals surface area contributed by atoms with E-state index in [-0.39, 0.29) is 17.5 Å². The van der Waals surface area contributed by atoms with Gasteiger partial charge in [0.25, 0.3) is 0 Å². The van der Waals surface area contributed by atoms with Crippen LogP contribution in [0, 0.1) is 5.82 Å². The van der Waals surface area contributed by atoms with Gasteiger partial charge >= 0.3 is 0 Å². The van der Waals surface area contributed by atoms with Crippen molar-refractivity contribution in [3.05, 3.63) is 58.0 Å². The molecule has 2 rings (SSSR count). The second-order valence-electron chi connectivity index (χ2n) is 6.47. The van der Waals surface area contributed by atoms with E-state index in [2.05, 4.69) is 40.9 Å². The average Bonchev–Trinajstić information content (AvgIpc) is 3.13. The van der Waals surface area contributed by atoms with Crippen molar-refractivity contribution in [3.8, 4) is 0 Å². The van der Waals surface area contributed by atoms with Gasteiger partial charge < -0.3 is 15.7 Å². The molecule has 3 N–H and O–H groups in total. The van der Waals surface area contributed by atoms with E-state index < -0.39 is 11.9 Å². The van der Waals surface area contributed by atoms with Crippen LogP contribution in [0.1, 0.15) is 37.3 Å². The number of nitrogens with zero attached hydrogens (tertiary/aromatic N) is 1. The Hall–Kier alpha value is -1.92. The summed E-state index contributed by atoms with van der Waals surface area (Å²) in [4.78, 5) is 5.90. The third kappa shape index (κ3) is 5.54. The molecule has 0 fully saturated rings. The van der Waals surface area contributed by atoms with Crippen LogP contribution in [0.3, 0.4) is 0 Å². The van der Waals surface area contributed by atoms with Crippen molar-refractivity contribution in [1.82, 2.24) is 10.6 Å². The lowest BCUT2D eigenvalue weighted by Gasteiger charge is -2.22. The Morgan fingerprint density at radius 3 is 2.64 bits per heavy atom. The first-order valence-corrected chi connectivity index (χ1v) is 9.30. The Kier molecular flexibility index (Phi) is 6.96. The molecule has 0 bridgehead atoms. The number of thiophene rings is 1. The second-order valence-corrected chi connectivity index (χ2v) is 7.42. The normalized spacial score (nSPS) is 13.6. The van der Waals surface area contributed by atoms with Crippen molar-refractivity contribution in [2.75, 3.05) is 19.6 Å². The average molecular weight is 364 g/mol. The summed E-state index contributed by atoms with van der Waals surface area (Å²) in [6.07, 6.45) is -0.935. The van der Waals surface area contributed by atoms with Gasteiger partial charge in [0.1, 0.15) is 5.82 Å². The van der Waals surface area contributed by atoms with Crippen LogP contribution in [0.15, 0.2) is 46.8 Å². The second kappa shape index (κ2) is 8.97. The largest absolute Gasteiger partial charge is 0.386 e. The first kappa shape index (κ1) is 19.4. The summed E-state index contributed by atoms with van der Waals surface area (Å²) in [5, 5.41) is 18.5. The van der Waals surface area contributed by atoms with Gasteiger partial charge in [-0.3, -0.25) is 4.99 Å². The van der Waals surface area contributed by atoms with E-state index in [9.17, 15) is 9.50 Å². The van der Waals surface area contributed by atoms with E-state index in [1.807, 2.05) is 13.0 Å². The summed E-state index contributed by atoms with van der Waals surface area (Å²) in [7, 11) is 0. The van der Waals surface area contributed by atoms with E-state index in [1.54, 1.807) is 29.5 Å². The highest BCUT2D eigenvalue weighted by Crippen LogP contribution is 2.27. The van der Waals surface area contributed by atoms with E-state index >= 15 is 0 Å². The maximum absolute atomic E-state index is 13.7. The van der Waals surface area contributed by atoms with E-state index in [1.165, 1.54) is 10.9 Å². The molecule has 0 spiro atoms. The van der Waals surface area contributed by atoms with Crippen molar-refractivity contribution < 1.29 is 9.50 Å². The van der Waals surface area contributed by atoms with Gasteiger partial charge in [-0.1, -0.05) is 38.1 Å². The zero-order valence-corrected chi connectivity index (χ0v) is 15.7. The fourth-order valence-electron chi connectivity index (χ4n) is 2.41. The van der Waals surface area contributed by atoms with Crippen LogP contribution in [0.2, 0.25) is 0 Å². The summed E-state index contributed by atoms with van der Waals surface area (Å²) in [5.41, 5.74) is 0.213. The predicted octanol–water partition coefficient (Wildman–Crippen LogP) is 3.45. The molecule has 1 heterocycles. The molecule has 6 heteroatoms. The maximum atomic E-state index is 13.7. The van der Waals surface area contributed by atoms with Gasteiger partial charge in [-0.2, -0.15) is 0 Å². The molecule has 4 nitrogen and oxygen atoms in total. The van der Waals surface area contributed by atoms with Crippen LogP contribution in [0.4, 0.5) is 4.39 Å². The number of nitrogens with one attached hydrogen (secondary N) is 2. The van der Waals surface area contributed by atoms with Crippen LogP contribution in [0.25, 0.3) is 0 Å². The number of aliphatic hydroxyl groups is 1. The number of benzene rings is 1. The first-order valence-electron chi connectivity index (χ1n) is 8.42. The number of aliphatic hydroxyl groups excluding tert-OH is 1. The molecular weight excluding hydrogens is 337 g/mol. The minimum atomic E-state index is -0.935. The molecule has 0 aliphatic rings. The van der Waals surface area contributed by atoms with Crippen LogP contribution in [0.5, 0.6) is 0 Å². The van der Waals surface area contributed by atoms with Crippen LogP contribution in [-0.2, 0) is 5.41 Å². The standard InChI is InChI=1S/C19H26FN3OS/c1-4-21-18(23-13-19(2,3)17-10-7-11-25-17)22-12-16(24)14-8-5-6-9-15(14)20/h5-11,16,24H,4,12-13H2,1-3H3,(H2,21,22,23).